The molecule has 8 heteroatoms. The van der Waals surface area contributed by atoms with Crippen LogP contribution in [0.4, 0.5) is 11.4 Å². The van der Waals surface area contributed by atoms with Crippen molar-refractivity contribution in [2.75, 3.05) is 4.90 Å². The summed E-state index contributed by atoms with van der Waals surface area (Å²) in [5.41, 5.74) is -0.00380. The molecule has 0 saturated carbocycles. The molecule has 6 nitrogen and oxygen atoms in total. The summed E-state index contributed by atoms with van der Waals surface area (Å²) in [4.78, 5) is 24.6. The van der Waals surface area contributed by atoms with Crippen molar-refractivity contribution < 1.29 is 14.1 Å². The number of nitro benzene ring substituents is 1. The summed E-state index contributed by atoms with van der Waals surface area (Å²) in [6, 6.07) is 9.41. The van der Waals surface area contributed by atoms with Crippen LogP contribution in [-0.4, -0.2) is 15.2 Å². The Balaban J connectivity index is 2.01. The fraction of sp³-hybridized carbons (Fsp3) is 0. The van der Waals surface area contributed by atoms with E-state index in [1.165, 1.54) is 29.4 Å². The molecule has 0 atom stereocenters. The van der Waals surface area contributed by atoms with Crippen LogP contribution in [0.25, 0.3) is 6.08 Å². The molecule has 0 radical (unpaired) electrons. The molecule has 110 valence electrons. The Morgan fingerprint density at radius 2 is 2.05 bits per heavy atom. The highest BCUT2D eigenvalue weighted by atomic mass is 32.2. The van der Waals surface area contributed by atoms with Gasteiger partial charge in [0.05, 0.1) is 16.1 Å². The molecular formula is C14H8N2O4S2. The molecule has 0 aliphatic carbocycles. The highest BCUT2D eigenvalue weighted by Gasteiger charge is 2.36. The zero-order valence-electron chi connectivity index (χ0n) is 11.0. The lowest BCUT2D eigenvalue weighted by molar-refractivity contribution is -0.384. The zero-order chi connectivity index (χ0) is 15.7. The van der Waals surface area contributed by atoms with E-state index >= 15 is 0 Å². The largest absolute Gasteiger partial charge is 0.465 e. The fourth-order valence-corrected chi connectivity index (χ4v) is 3.25. The van der Waals surface area contributed by atoms with Gasteiger partial charge < -0.3 is 4.42 Å². The molecule has 0 spiro atoms. The maximum Gasteiger partial charge on any atom is 0.293 e. The van der Waals surface area contributed by atoms with Crippen molar-refractivity contribution in [1.82, 2.24) is 0 Å². The molecule has 1 aromatic carbocycles. The third-order valence-corrected chi connectivity index (χ3v) is 4.23. The number of hydrogen-bond donors (Lipinski definition) is 0. The number of thiocarbonyl (C=S) groups is 1. The van der Waals surface area contributed by atoms with E-state index in [1.54, 1.807) is 24.3 Å². The molecule has 0 unspecified atom stereocenters. The summed E-state index contributed by atoms with van der Waals surface area (Å²) in [7, 11) is 0. The lowest BCUT2D eigenvalue weighted by Gasteiger charge is -2.14. The predicted octanol–water partition coefficient (Wildman–Crippen LogP) is 3.59. The van der Waals surface area contributed by atoms with Crippen LogP contribution in [0.1, 0.15) is 5.76 Å². The quantitative estimate of drug-likeness (QED) is 0.370. The van der Waals surface area contributed by atoms with Crippen LogP contribution in [0.3, 0.4) is 0 Å². The maximum absolute atomic E-state index is 12.5. The van der Waals surface area contributed by atoms with Crippen LogP contribution in [0.15, 0.2) is 52.0 Å². The molecule has 22 heavy (non-hydrogen) atoms. The minimum Gasteiger partial charge on any atom is -0.465 e. The number of furan rings is 1. The van der Waals surface area contributed by atoms with Crippen LogP contribution >= 0.6 is 24.0 Å². The molecule has 0 N–H and O–H groups in total. The number of thioether (sulfide) groups is 1. The van der Waals surface area contributed by atoms with Crippen molar-refractivity contribution >= 4 is 51.7 Å². The summed E-state index contributed by atoms with van der Waals surface area (Å²) in [5.74, 6) is 0.115. The number of nitrogens with zero attached hydrogens (tertiary/aromatic N) is 2. The summed E-state index contributed by atoms with van der Waals surface area (Å²) >= 11 is 6.27. The Morgan fingerprint density at radius 3 is 2.73 bits per heavy atom. The van der Waals surface area contributed by atoms with Crippen LogP contribution in [-0.2, 0) is 4.79 Å². The molecule has 1 saturated heterocycles. The first kappa shape index (κ1) is 14.5. The van der Waals surface area contributed by atoms with Gasteiger partial charge in [-0.25, -0.2) is 0 Å². The second kappa shape index (κ2) is 5.74. The zero-order valence-corrected chi connectivity index (χ0v) is 12.6. The van der Waals surface area contributed by atoms with E-state index in [2.05, 4.69) is 0 Å². The van der Waals surface area contributed by atoms with Gasteiger partial charge in [-0.15, -0.1) is 0 Å². The number of hydrogen-bond acceptors (Lipinski definition) is 6. The topological polar surface area (TPSA) is 76.6 Å². The first-order chi connectivity index (χ1) is 10.6. The molecule has 2 aromatic rings. The number of nitro groups is 1. The molecule has 1 amide bonds. The highest BCUT2D eigenvalue weighted by molar-refractivity contribution is 8.27. The van der Waals surface area contributed by atoms with E-state index < -0.39 is 10.8 Å². The number of para-hydroxylation sites is 2. The predicted molar refractivity (Wildman–Crippen MR) is 87.5 cm³/mol. The smallest absolute Gasteiger partial charge is 0.293 e. The number of amides is 1. The highest BCUT2D eigenvalue weighted by Crippen LogP contribution is 2.39. The average Bonchev–Trinajstić information content (AvgIpc) is 3.08. The summed E-state index contributed by atoms with van der Waals surface area (Å²) in [6.07, 6.45) is 3.06. The van der Waals surface area contributed by atoms with E-state index in [0.717, 1.165) is 11.8 Å². The molecule has 1 aliphatic heterocycles. The summed E-state index contributed by atoms with van der Waals surface area (Å²) in [5, 5.41) is 11.1. The summed E-state index contributed by atoms with van der Waals surface area (Å²) < 4.78 is 5.42. The Labute approximate surface area is 134 Å². The van der Waals surface area contributed by atoms with Crippen molar-refractivity contribution in [3.63, 3.8) is 0 Å². The Hall–Kier alpha value is -2.45. The van der Waals surface area contributed by atoms with Crippen LogP contribution < -0.4 is 4.90 Å². The van der Waals surface area contributed by atoms with Crippen LogP contribution in [0, 0.1) is 10.1 Å². The van der Waals surface area contributed by atoms with Crippen molar-refractivity contribution in [3.8, 4) is 0 Å². The number of carbonyl (C=O) groups is 1. The Bertz CT molecular complexity index is 799. The van der Waals surface area contributed by atoms with E-state index in [0.29, 0.717) is 10.7 Å². The van der Waals surface area contributed by atoms with Crippen LogP contribution in [0.2, 0.25) is 0 Å². The molecule has 0 bridgehead atoms. The standard InChI is InChI=1S/C14H8N2O4S2/c17-13-12(8-9-4-3-7-20-9)22-14(21)15(13)10-5-1-2-6-11(10)16(18)19/h1-8H/b12-8-. The van der Waals surface area contributed by atoms with Crippen molar-refractivity contribution in [2.45, 2.75) is 0 Å². The van der Waals surface area contributed by atoms with Gasteiger partial charge in [0.25, 0.3) is 11.6 Å². The average molecular weight is 332 g/mol. The van der Waals surface area contributed by atoms with E-state index in [4.69, 9.17) is 16.6 Å². The van der Waals surface area contributed by atoms with Gasteiger partial charge in [-0.05, 0) is 18.2 Å². The molecule has 1 aliphatic rings. The van der Waals surface area contributed by atoms with Gasteiger partial charge in [0.15, 0.2) is 4.32 Å². The third kappa shape index (κ3) is 2.53. The number of benzene rings is 1. The van der Waals surface area contributed by atoms with E-state index in [1.807, 2.05) is 0 Å². The minimum atomic E-state index is -0.538. The number of anilines is 1. The first-order valence-corrected chi connectivity index (χ1v) is 7.35. The number of carbonyl (C=O) groups excluding carboxylic acids is 1. The maximum atomic E-state index is 12.5. The molecule has 1 aromatic heterocycles. The van der Waals surface area contributed by atoms with E-state index in [-0.39, 0.29) is 15.7 Å². The molecule has 2 heterocycles. The van der Waals surface area contributed by atoms with Gasteiger partial charge in [0, 0.05) is 12.1 Å². The van der Waals surface area contributed by atoms with Gasteiger partial charge in [0.1, 0.15) is 11.4 Å². The first-order valence-electron chi connectivity index (χ1n) is 6.13. The van der Waals surface area contributed by atoms with Crippen LogP contribution in [0.5, 0.6) is 0 Å². The van der Waals surface area contributed by atoms with Gasteiger partial charge >= 0.3 is 0 Å². The Morgan fingerprint density at radius 1 is 1.27 bits per heavy atom. The lowest BCUT2D eigenvalue weighted by Crippen LogP contribution is -2.28. The molecular weight excluding hydrogens is 324 g/mol. The Kier molecular flexibility index (Phi) is 3.78. The second-order valence-corrected chi connectivity index (χ2v) is 5.95. The molecule has 3 rings (SSSR count). The van der Waals surface area contributed by atoms with Crippen molar-refractivity contribution in [2.24, 2.45) is 0 Å². The molecule has 1 fully saturated rings. The van der Waals surface area contributed by atoms with Gasteiger partial charge in [-0.2, -0.15) is 0 Å². The fourth-order valence-electron chi connectivity index (χ4n) is 1.99. The monoisotopic (exact) mass is 332 g/mol. The SMILES string of the molecule is O=C1/C(=C/c2ccco2)SC(=S)N1c1ccccc1[N+](=O)[O-]. The van der Waals surface area contributed by atoms with Gasteiger partial charge in [-0.1, -0.05) is 36.1 Å². The number of rotatable bonds is 3. The van der Waals surface area contributed by atoms with Crippen molar-refractivity contribution in [3.05, 3.63) is 63.4 Å². The normalized spacial score (nSPS) is 16.5. The lowest BCUT2D eigenvalue weighted by atomic mass is 10.2. The van der Waals surface area contributed by atoms with Crippen molar-refractivity contribution in [1.29, 1.82) is 0 Å². The summed E-state index contributed by atoms with van der Waals surface area (Å²) in [6.45, 7) is 0. The van der Waals surface area contributed by atoms with E-state index in [9.17, 15) is 14.9 Å². The second-order valence-electron chi connectivity index (χ2n) is 4.28. The third-order valence-electron chi connectivity index (χ3n) is 2.93. The minimum absolute atomic E-state index is 0.165. The van der Waals surface area contributed by atoms with Gasteiger partial charge in [0.2, 0.25) is 0 Å². The van der Waals surface area contributed by atoms with Gasteiger partial charge in [-0.3, -0.25) is 19.8 Å².